The molecule has 26 heavy (non-hydrogen) atoms. The average molecular weight is 377 g/mol. The minimum Gasteiger partial charge on any atom is -0.327 e. The van der Waals surface area contributed by atoms with Gasteiger partial charge in [-0.3, -0.25) is 4.90 Å². The van der Waals surface area contributed by atoms with Gasteiger partial charge in [-0.25, -0.2) is 13.4 Å². The van der Waals surface area contributed by atoms with Crippen molar-refractivity contribution in [2.75, 3.05) is 26.2 Å². The van der Waals surface area contributed by atoms with Crippen LogP contribution < -0.4 is 0 Å². The lowest BCUT2D eigenvalue weighted by atomic mass is 10.2. The molecule has 1 aromatic carbocycles. The number of fused-ring (bicyclic) bond motifs is 1. The quantitative estimate of drug-likeness (QED) is 0.805. The molecule has 2 saturated heterocycles. The Kier molecular flexibility index (Phi) is 5.03. The first kappa shape index (κ1) is 17.9. The third kappa shape index (κ3) is 3.28. The highest BCUT2D eigenvalue weighted by molar-refractivity contribution is 7.89. The molecular weight excluding hydrogens is 348 g/mol. The van der Waals surface area contributed by atoms with Crippen LogP contribution in [-0.4, -0.2) is 53.4 Å². The third-order valence-electron chi connectivity index (χ3n) is 5.63. The topological polar surface area (TPSA) is 58.4 Å². The van der Waals surface area contributed by atoms with Gasteiger partial charge < -0.3 is 4.57 Å². The molecule has 2 fully saturated rings. The molecule has 1 aromatic heterocycles. The molecule has 0 aliphatic carbocycles. The fraction of sp³-hybridized carbons (Fsp3) is 0.632. The van der Waals surface area contributed by atoms with Crippen molar-refractivity contribution in [3.63, 3.8) is 0 Å². The summed E-state index contributed by atoms with van der Waals surface area (Å²) < 4.78 is 29.7. The fourth-order valence-electron chi connectivity index (χ4n) is 4.19. The number of sulfonamides is 1. The second kappa shape index (κ2) is 7.29. The normalized spacial score (nSPS) is 20.2. The highest BCUT2D eigenvalue weighted by Gasteiger charge is 2.27. The van der Waals surface area contributed by atoms with Crippen LogP contribution in [0.4, 0.5) is 0 Å². The zero-order valence-electron chi connectivity index (χ0n) is 15.5. The smallest absolute Gasteiger partial charge is 0.243 e. The molecule has 7 heteroatoms. The molecule has 0 unspecified atom stereocenters. The number of aryl methyl sites for hydroxylation is 1. The molecule has 0 N–H and O–H groups in total. The van der Waals surface area contributed by atoms with Crippen molar-refractivity contribution in [3.05, 3.63) is 24.0 Å². The molecule has 0 bridgehead atoms. The number of nitrogens with zero attached hydrogens (tertiary/aromatic N) is 4. The van der Waals surface area contributed by atoms with E-state index in [4.69, 9.17) is 4.98 Å². The second-order valence-electron chi connectivity index (χ2n) is 7.37. The van der Waals surface area contributed by atoms with Crippen LogP contribution in [-0.2, 0) is 23.1 Å². The molecular formula is C19H28N4O2S. The van der Waals surface area contributed by atoms with Crippen LogP contribution in [0.3, 0.4) is 0 Å². The first-order valence-electron chi connectivity index (χ1n) is 9.81. The summed E-state index contributed by atoms with van der Waals surface area (Å²) in [7, 11) is -3.41. The van der Waals surface area contributed by atoms with Crippen molar-refractivity contribution >= 4 is 21.1 Å². The summed E-state index contributed by atoms with van der Waals surface area (Å²) in [6, 6.07) is 5.44. The van der Waals surface area contributed by atoms with Gasteiger partial charge in [0.25, 0.3) is 0 Å². The molecule has 142 valence electrons. The van der Waals surface area contributed by atoms with Crippen molar-refractivity contribution in [2.24, 2.45) is 0 Å². The molecule has 0 saturated carbocycles. The SMILES string of the molecule is CCn1c(CN2CCCC2)nc2cc(S(=O)(=O)N3CCCCC3)ccc21. The van der Waals surface area contributed by atoms with E-state index in [2.05, 4.69) is 16.4 Å². The largest absolute Gasteiger partial charge is 0.327 e. The third-order valence-corrected chi connectivity index (χ3v) is 7.53. The van der Waals surface area contributed by atoms with E-state index in [1.165, 1.54) is 12.8 Å². The molecule has 2 aliphatic heterocycles. The van der Waals surface area contributed by atoms with Crippen LogP contribution in [0.5, 0.6) is 0 Å². The Morgan fingerprint density at radius 2 is 1.69 bits per heavy atom. The van der Waals surface area contributed by atoms with E-state index in [0.717, 1.165) is 62.3 Å². The molecule has 2 aromatic rings. The first-order valence-corrected chi connectivity index (χ1v) is 11.3. The van der Waals surface area contributed by atoms with Crippen molar-refractivity contribution < 1.29 is 8.42 Å². The number of hydrogen-bond acceptors (Lipinski definition) is 4. The van der Waals surface area contributed by atoms with Crippen LogP contribution in [0, 0.1) is 0 Å². The lowest BCUT2D eigenvalue weighted by Crippen LogP contribution is -2.35. The summed E-state index contributed by atoms with van der Waals surface area (Å²) in [5, 5.41) is 0. The predicted molar refractivity (Wildman–Crippen MR) is 103 cm³/mol. The summed E-state index contributed by atoms with van der Waals surface area (Å²) in [4.78, 5) is 7.61. The zero-order chi connectivity index (χ0) is 18.1. The minimum atomic E-state index is -3.41. The summed E-state index contributed by atoms with van der Waals surface area (Å²) in [6.45, 7) is 7.32. The Hall–Kier alpha value is -1.44. The van der Waals surface area contributed by atoms with Gasteiger partial charge in [-0.1, -0.05) is 6.42 Å². The van der Waals surface area contributed by atoms with Gasteiger partial charge in [0.2, 0.25) is 10.0 Å². The number of imidazole rings is 1. The number of hydrogen-bond donors (Lipinski definition) is 0. The van der Waals surface area contributed by atoms with E-state index in [0.29, 0.717) is 18.0 Å². The lowest BCUT2D eigenvalue weighted by molar-refractivity contribution is 0.317. The van der Waals surface area contributed by atoms with E-state index < -0.39 is 10.0 Å². The van der Waals surface area contributed by atoms with E-state index in [-0.39, 0.29) is 0 Å². The Bertz CT molecular complexity index is 878. The Morgan fingerprint density at radius 1 is 1.00 bits per heavy atom. The van der Waals surface area contributed by atoms with Gasteiger partial charge in [-0.2, -0.15) is 4.31 Å². The summed E-state index contributed by atoms with van der Waals surface area (Å²) >= 11 is 0. The maximum Gasteiger partial charge on any atom is 0.243 e. The molecule has 0 atom stereocenters. The van der Waals surface area contributed by atoms with Crippen molar-refractivity contribution in [2.45, 2.75) is 57.0 Å². The van der Waals surface area contributed by atoms with Crippen LogP contribution in [0.2, 0.25) is 0 Å². The van der Waals surface area contributed by atoms with Gasteiger partial charge in [-0.05, 0) is 63.9 Å². The van der Waals surface area contributed by atoms with Gasteiger partial charge in [-0.15, -0.1) is 0 Å². The van der Waals surface area contributed by atoms with Gasteiger partial charge in [0.05, 0.1) is 22.5 Å². The highest BCUT2D eigenvalue weighted by Crippen LogP contribution is 2.25. The van der Waals surface area contributed by atoms with Crippen LogP contribution >= 0.6 is 0 Å². The van der Waals surface area contributed by atoms with Crippen LogP contribution in [0.15, 0.2) is 23.1 Å². The number of aromatic nitrogens is 2. The molecule has 0 spiro atoms. The molecule has 4 rings (SSSR count). The standard InChI is InChI=1S/C19H28N4O2S/c1-2-23-18-9-8-16(26(24,25)22-12-4-3-5-13-22)14-17(18)20-19(23)15-21-10-6-7-11-21/h8-9,14H,2-7,10-13,15H2,1H3. The molecule has 6 nitrogen and oxygen atoms in total. The van der Waals surface area contributed by atoms with Crippen molar-refractivity contribution in [3.8, 4) is 0 Å². The van der Waals surface area contributed by atoms with Crippen molar-refractivity contribution in [1.82, 2.24) is 18.8 Å². The van der Waals surface area contributed by atoms with E-state index >= 15 is 0 Å². The van der Waals surface area contributed by atoms with Crippen molar-refractivity contribution in [1.29, 1.82) is 0 Å². The zero-order valence-corrected chi connectivity index (χ0v) is 16.3. The number of likely N-dealkylation sites (tertiary alicyclic amines) is 1. The maximum atomic E-state index is 13.0. The molecule has 2 aliphatic rings. The number of piperidine rings is 1. The van der Waals surface area contributed by atoms with E-state index in [1.54, 1.807) is 16.4 Å². The van der Waals surface area contributed by atoms with Gasteiger partial charge in [0.1, 0.15) is 5.82 Å². The van der Waals surface area contributed by atoms with Gasteiger partial charge in [0.15, 0.2) is 0 Å². The highest BCUT2D eigenvalue weighted by atomic mass is 32.2. The average Bonchev–Trinajstić information content (AvgIpc) is 3.29. The van der Waals surface area contributed by atoms with Gasteiger partial charge in [0, 0.05) is 19.6 Å². The monoisotopic (exact) mass is 376 g/mol. The predicted octanol–water partition coefficient (Wildman–Crippen LogP) is 2.83. The van der Waals surface area contributed by atoms with E-state index in [9.17, 15) is 8.42 Å². The maximum absolute atomic E-state index is 13.0. The number of benzene rings is 1. The Labute approximate surface area is 155 Å². The summed E-state index contributed by atoms with van der Waals surface area (Å²) in [6.07, 6.45) is 5.53. The Balaban J connectivity index is 1.68. The fourth-order valence-corrected chi connectivity index (χ4v) is 5.73. The minimum absolute atomic E-state index is 0.375. The van der Waals surface area contributed by atoms with Crippen LogP contribution in [0.25, 0.3) is 11.0 Å². The van der Waals surface area contributed by atoms with E-state index in [1.807, 2.05) is 6.07 Å². The summed E-state index contributed by atoms with van der Waals surface area (Å²) in [5.41, 5.74) is 1.82. The lowest BCUT2D eigenvalue weighted by Gasteiger charge is -2.25. The summed E-state index contributed by atoms with van der Waals surface area (Å²) in [5.74, 6) is 1.04. The molecule has 0 amide bonds. The molecule has 3 heterocycles. The van der Waals surface area contributed by atoms with Crippen LogP contribution in [0.1, 0.15) is 44.9 Å². The Morgan fingerprint density at radius 3 is 2.38 bits per heavy atom. The molecule has 0 radical (unpaired) electrons. The first-order chi connectivity index (χ1) is 12.6. The second-order valence-corrected chi connectivity index (χ2v) is 9.31. The van der Waals surface area contributed by atoms with Gasteiger partial charge >= 0.3 is 0 Å². The number of rotatable bonds is 5.